The number of hydrogen-bond acceptors (Lipinski definition) is 3. The van der Waals surface area contributed by atoms with Gasteiger partial charge in [-0.2, -0.15) is 0 Å². The molecule has 0 saturated carbocycles. The Morgan fingerprint density at radius 2 is 2.12 bits per heavy atom. The van der Waals surface area contributed by atoms with Gasteiger partial charge in [0.05, 0.1) is 0 Å². The van der Waals surface area contributed by atoms with Crippen LogP contribution in [0, 0.1) is 0 Å². The molecule has 0 heterocycles. The van der Waals surface area contributed by atoms with Gasteiger partial charge in [0.25, 0.3) is 0 Å². The van der Waals surface area contributed by atoms with Gasteiger partial charge in [-0.05, 0) is 0 Å². The summed E-state index contributed by atoms with van der Waals surface area (Å²) in [6, 6.07) is 0. The van der Waals surface area contributed by atoms with Crippen LogP contribution in [-0.4, -0.2) is 27.1 Å². The molecule has 0 amide bonds. The molecule has 4 heteroatoms. The van der Waals surface area contributed by atoms with E-state index in [-0.39, 0.29) is 6.29 Å². The molecular weight excluding hydrogens is 161 g/mol. The zero-order valence-corrected chi connectivity index (χ0v) is 8.18. The second kappa shape index (κ2) is 5.64. The third kappa shape index (κ3) is 3.50. The van der Waals surface area contributed by atoms with Crippen LogP contribution >= 0.6 is 0 Å². The fourth-order valence-corrected chi connectivity index (χ4v) is 0.808. The molecular formula is C4H9O3Zn. The Hall–Kier alpha value is 0.503. The molecule has 0 rings (SSSR count). The summed E-state index contributed by atoms with van der Waals surface area (Å²) in [5.41, 5.74) is 0. The molecule has 0 aliphatic heterocycles. The van der Waals surface area contributed by atoms with Crippen molar-refractivity contribution in [2.75, 3.05) is 20.8 Å². The van der Waals surface area contributed by atoms with Crippen molar-refractivity contribution in [3.8, 4) is 0 Å². The summed E-state index contributed by atoms with van der Waals surface area (Å²) in [4.78, 5) is 0. The summed E-state index contributed by atoms with van der Waals surface area (Å²) in [5.74, 6) is 0. The van der Waals surface area contributed by atoms with Crippen LogP contribution in [0.4, 0.5) is 0 Å². The average Bonchev–Trinajstić information content (AvgIpc) is 1.83. The van der Waals surface area contributed by atoms with Gasteiger partial charge < -0.3 is 0 Å². The van der Waals surface area contributed by atoms with Gasteiger partial charge >= 0.3 is 58.8 Å². The fourth-order valence-electron chi connectivity index (χ4n) is 0.320. The molecule has 0 fully saturated rings. The summed E-state index contributed by atoms with van der Waals surface area (Å²) < 4.78 is 14.5. The number of rotatable bonds is 4. The molecule has 0 aliphatic carbocycles. The second-order valence-electron chi connectivity index (χ2n) is 1.29. The molecule has 0 aromatic rings. The Bertz CT molecular complexity index is 46.5. The van der Waals surface area contributed by atoms with Gasteiger partial charge in [0.15, 0.2) is 0 Å². The minimum atomic E-state index is -0.167. The normalized spacial score (nSPS) is 14.0. The van der Waals surface area contributed by atoms with Crippen molar-refractivity contribution in [3.63, 3.8) is 0 Å². The molecule has 0 radical (unpaired) electrons. The van der Waals surface area contributed by atoms with Gasteiger partial charge in [-0.15, -0.1) is 0 Å². The van der Waals surface area contributed by atoms with Crippen molar-refractivity contribution in [1.82, 2.24) is 0 Å². The Kier molecular flexibility index (Phi) is 5.99. The van der Waals surface area contributed by atoms with Crippen LogP contribution in [0.5, 0.6) is 0 Å². The molecule has 1 unspecified atom stereocenters. The van der Waals surface area contributed by atoms with E-state index in [4.69, 9.17) is 13.0 Å². The van der Waals surface area contributed by atoms with E-state index in [1.807, 2.05) is 0 Å². The van der Waals surface area contributed by atoms with E-state index in [1.54, 1.807) is 14.2 Å². The van der Waals surface area contributed by atoms with Crippen molar-refractivity contribution in [3.05, 3.63) is 0 Å². The predicted octanol–water partition coefficient (Wildman–Crippen LogP) is 0.0837. The van der Waals surface area contributed by atoms with E-state index in [1.165, 1.54) is 0 Å². The van der Waals surface area contributed by atoms with E-state index in [0.29, 0.717) is 6.61 Å². The molecule has 45 valence electrons. The molecule has 0 spiro atoms. The maximum absolute atomic E-state index is 4.92. The van der Waals surface area contributed by atoms with Crippen molar-refractivity contribution < 1.29 is 31.7 Å². The number of hydrogen-bond donors (Lipinski definition) is 0. The number of ether oxygens (including phenoxy) is 2. The summed E-state index contributed by atoms with van der Waals surface area (Å²) in [6.45, 7) is 0.510. The standard InChI is InChI=1S/C4H9O3.Zn/c1-6-3-4(5)7-2;/h4H,3H2,1-2H3;/q-1;+1. The Labute approximate surface area is 59.4 Å². The van der Waals surface area contributed by atoms with Crippen LogP contribution in [0.15, 0.2) is 0 Å². The first-order valence-electron chi connectivity index (χ1n) is 2.27. The van der Waals surface area contributed by atoms with Crippen molar-refractivity contribution in [1.29, 1.82) is 0 Å². The topological polar surface area (TPSA) is 27.7 Å². The van der Waals surface area contributed by atoms with Crippen LogP contribution in [0.1, 0.15) is 0 Å². The molecule has 0 N–H and O–H groups in total. The first kappa shape index (κ1) is 8.50. The van der Waals surface area contributed by atoms with Gasteiger partial charge in [0.2, 0.25) is 0 Å². The molecule has 8 heavy (non-hydrogen) atoms. The molecule has 0 aliphatic rings. The molecule has 0 aromatic carbocycles. The van der Waals surface area contributed by atoms with E-state index in [0.717, 1.165) is 18.7 Å². The summed E-state index contributed by atoms with van der Waals surface area (Å²) in [6.07, 6.45) is -0.167. The summed E-state index contributed by atoms with van der Waals surface area (Å²) in [5, 5.41) is 0. The molecule has 0 saturated heterocycles. The first-order valence-corrected chi connectivity index (χ1v) is 3.48. The van der Waals surface area contributed by atoms with E-state index >= 15 is 0 Å². The van der Waals surface area contributed by atoms with Crippen molar-refractivity contribution in [2.24, 2.45) is 0 Å². The third-order valence-electron chi connectivity index (χ3n) is 0.752. The molecule has 3 nitrogen and oxygen atoms in total. The van der Waals surface area contributed by atoms with Crippen molar-refractivity contribution in [2.45, 2.75) is 6.29 Å². The van der Waals surface area contributed by atoms with Crippen LogP contribution in [0.3, 0.4) is 0 Å². The van der Waals surface area contributed by atoms with Crippen LogP contribution < -0.4 is 0 Å². The van der Waals surface area contributed by atoms with Gasteiger partial charge in [-0.3, -0.25) is 0 Å². The predicted molar refractivity (Wildman–Crippen MR) is 23.8 cm³/mol. The van der Waals surface area contributed by atoms with E-state index in [2.05, 4.69) is 0 Å². The Balaban J connectivity index is 3.07. The van der Waals surface area contributed by atoms with Crippen LogP contribution in [-0.2, 0) is 31.7 Å². The van der Waals surface area contributed by atoms with Crippen molar-refractivity contribution >= 4 is 0 Å². The van der Waals surface area contributed by atoms with Gasteiger partial charge in [-0.25, -0.2) is 0 Å². The third-order valence-corrected chi connectivity index (χ3v) is 1.53. The van der Waals surface area contributed by atoms with E-state index in [9.17, 15) is 0 Å². The fraction of sp³-hybridized carbons (Fsp3) is 1.00. The zero-order chi connectivity index (χ0) is 6.41. The Morgan fingerprint density at radius 3 is 2.25 bits per heavy atom. The minimum absolute atomic E-state index is 0.167. The van der Waals surface area contributed by atoms with Crippen LogP contribution in [0.25, 0.3) is 0 Å². The quantitative estimate of drug-likeness (QED) is 0.442. The van der Waals surface area contributed by atoms with Crippen LogP contribution in [0.2, 0.25) is 0 Å². The number of methoxy groups -OCH3 is 2. The first-order chi connectivity index (χ1) is 3.85. The molecule has 1 atom stereocenters. The monoisotopic (exact) mass is 169 g/mol. The van der Waals surface area contributed by atoms with Gasteiger partial charge in [-0.1, -0.05) is 0 Å². The van der Waals surface area contributed by atoms with E-state index < -0.39 is 0 Å². The average molecular weight is 171 g/mol. The second-order valence-corrected chi connectivity index (χ2v) is 1.99. The molecule has 0 aromatic heterocycles. The summed E-state index contributed by atoms with van der Waals surface area (Å²) >= 11 is 0.780. The Morgan fingerprint density at radius 1 is 1.50 bits per heavy atom. The molecule has 0 bridgehead atoms. The van der Waals surface area contributed by atoms with Gasteiger partial charge in [0.1, 0.15) is 0 Å². The maximum atomic E-state index is 4.92. The van der Waals surface area contributed by atoms with Gasteiger partial charge in [0, 0.05) is 0 Å². The summed E-state index contributed by atoms with van der Waals surface area (Å²) in [7, 11) is 3.21. The zero-order valence-electron chi connectivity index (χ0n) is 5.22. The SMILES string of the molecule is COCC(OC)[O][Zn].